The van der Waals surface area contributed by atoms with Crippen LogP contribution in [0.15, 0.2) is 42.7 Å². The number of ether oxygens (including phenoxy) is 1. The normalized spacial score (nSPS) is 24.2. The van der Waals surface area contributed by atoms with Crippen LogP contribution in [0.1, 0.15) is 32.1 Å². The largest absolute Gasteiger partial charge is 0.493 e. The Hall–Kier alpha value is -3.14. The van der Waals surface area contributed by atoms with Crippen molar-refractivity contribution < 1.29 is 23.1 Å². The standard InChI is InChI=1S/C24H28N4O5S/c29-23(30)17-4-6-18(7-5-17)26-24-25-11-8-22(27-24)28-12-9-19-20(28)2-1-3-21(19)33-14-16-10-13-34(31,32)15-16/h1-3,8-9,11-12,16-18H,4-7,10,13-15H2,(H,29,30)(H,25,26,27). The maximum absolute atomic E-state index is 11.7. The predicted octanol–water partition coefficient (Wildman–Crippen LogP) is 3.29. The van der Waals surface area contributed by atoms with E-state index in [4.69, 9.17) is 4.74 Å². The van der Waals surface area contributed by atoms with Gasteiger partial charge in [-0.1, -0.05) is 6.07 Å². The number of rotatable bonds is 7. The monoisotopic (exact) mass is 484 g/mol. The number of nitrogens with zero attached hydrogens (tertiary/aromatic N) is 3. The Balaban J connectivity index is 1.30. The number of fused-ring (bicyclic) bond motifs is 1. The van der Waals surface area contributed by atoms with Crippen molar-refractivity contribution in [3.63, 3.8) is 0 Å². The molecule has 3 heterocycles. The summed E-state index contributed by atoms with van der Waals surface area (Å²) in [5.41, 5.74) is 0.933. The maximum Gasteiger partial charge on any atom is 0.306 e. The Labute approximate surface area is 198 Å². The molecular formula is C24H28N4O5S. The lowest BCUT2D eigenvalue weighted by Gasteiger charge is -2.26. The Morgan fingerprint density at radius 1 is 1.15 bits per heavy atom. The average Bonchev–Trinajstić information content (AvgIpc) is 3.41. The number of benzene rings is 1. The van der Waals surface area contributed by atoms with Gasteiger partial charge >= 0.3 is 5.97 Å². The predicted molar refractivity (Wildman–Crippen MR) is 128 cm³/mol. The van der Waals surface area contributed by atoms with Gasteiger partial charge in [0.1, 0.15) is 11.6 Å². The summed E-state index contributed by atoms with van der Waals surface area (Å²) in [6.07, 6.45) is 7.16. The van der Waals surface area contributed by atoms with E-state index in [1.165, 1.54) is 0 Å². The zero-order valence-electron chi connectivity index (χ0n) is 18.8. The minimum atomic E-state index is -2.93. The highest BCUT2D eigenvalue weighted by Crippen LogP contribution is 2.30. The average molecular weight is 485 g/mol. The van der Waals surface area contributed by atoms with Crippen molar-refractivity contribution >= 4 is 32.7 Å². The second kappa shape index (κ2) is 9.25. The molecule has 1 unspecified atom stereocenters. The second-order valence-corrected chi connectivity index (χ2v) is 11.5. The lowest BCUT2D eigenvalue weighted by Crippen LogP contribution is -2.29. The molecule has 1 aliphatic carbocycles. The first-order chi connectivity index (χ1) is 16.4. The molecule has 2 aromatic heterocycles. The van der Waals surface area contributed by atoms with Crippen LogP contribution in [-0.4, -0.2) is 58.2 Å². The summed E-state index contributed by atoms with van der Waals surface area (Å²) < 4.78 is 31.4. The lowest BCUT2D eigenvalue weighted by molar-refractivity contribution is -0.142. The topological polar surface area (TPSA) is 123 Å². The summed E-state index contributed by atoms with van der Waals surface area (Å²) in [6.45, 7) is 0.384. The SMILES string of the molecule is O=C(O)C1CCC(Nc2nccc(-n3ccc4c(OCC5CCS(=O)(=O)C5)cccc43)n2)CC1. The second-order valence-electron chi connectivity index (χ2n) is 9.22. The van der Waals surface area contributed by atoms with Crippen molar-refractivity contribution in [2.45, 2.75) is 38.1 Å². The van der Waals surface area contributed by atoms with Crippen LogP contribution in [0.25, 0.3) is 16.7 Å². The fourth-order valence-corrected chi connectivity index (χ4v) is 6.74. The summed E-state index contributed by atoms with van der Waals surface area (Å²) in [5, 5.41) is 13.5. The summed E-state index contributed by atoms with van der Waals surface area (Å²) >= 11 is 0. The van der Waals surface area contributed by atoms with Crippen molar-refractivity contribution in [2.24, 2.45) is 11.8 Å². The summed E-state index contributed by atoms with van der Waals surface area (Å²) in [7, 11) is -2.93. The molecule has 34 heavy (non-hydrogen) atoms. The van der Waals surface area contributed by atoms with E-state index in [0.717, 1.165) is 29.5 Å². The number of hydrogen-bond donors (Lipinski definition) is 2. The highest BCUT2D eigenvalue weighted by atomic mass is 32.2. The highest BCUT2D eigenvalue weighted by Gasteiger charge is 2.28. The molecule has 1 saturated heterocycles. The molecule has 180 valence electrons. The van der Waals surface area contributed by atoms with Gasteiger partial charge in [-0.2, -0.15) is 4.98 Å². The number of carboxylic acid groups (broad SMARTS) is 1. The van der Waals surface area contributed by atoms with Crippen molar-refractivity contribution in [3.05, 3.63) is 42.7 Å². The molecular weight excluding hydrogens is 456 g/mol. The van der Waals surface area contributed by atoms with Gasteiger partial charge in [0.25, 0.3) is 0 Å². The lowest BCUT2D eigenvalue weighted by atomic mass is 9.86. The Bertz CT molecular complexity index is 1300. The van der Waals surface area contributed by atoms with Crippen LogP contribution in [0.2, 0.25) is 0 Å². The molecule has 5 rings (SSSR count). The van der Waals surface area contributed by atoms with Crippen LogP contribution >= 0.6 is 0 Å². The quantitative estimate of drug-likeness (QED) is 0.524. The number of hydrogen-bond acceptors (Lipinski definition) is 7. The third-order valence-corrected chi connectivity index (χ3v) is 8.63. The van der Waals surface area contributed by atoms with Crippen LogP contribution in [0.5, 0.6) is 5.75 Å². The number of carboxylic acids is 1. The van der Waals surface area contributed by atoms with E-state index in [9.17, 15) is 18.3 Å². The molecule has 0 spiro atoms. The fraction of sp³-hybridized carbons (Fsp3) is 0.458. The van der Waals surface area contributed by atoms with Crippen molar-refractivity contribution in [1.29, 1.82) is 0 Å². The summed E-state index contributed by atoms with van der Waals surface area (Å²) in [5.74, 6) is 1.45. The first-order valence-electron chi connectivity index (χ1n) is 11.6. The molecule has 1 atom stereocenters. The van der Waals surface area contributed by atoms with E-state index in [-0.39, 0.29) is 29.4 Å². The molecule has 2 aliphatic rings. The van der Waals surface area contributed by atoms with Crippen molar-refractivity contribution in [3.8, 4) is 11.6 Å². The van der Waals surface area contributed by atoms with Gasteiger partial charge in [-0.25, -0.2) is 13.4 Å². The van der Waals surface area contributed by atoms with Gasteiger partial charge in [-0.05, 0) is 56.4 Å². The molecule has 0 bridgehead atoms. The van der Waals surface area contributed by atoms with E-state index in [1.807, 2.05) is 41.1 Å². The Morgan fingerprint density at radius 3 is 2.71 bits per heavy atom. The first kappa shape index (κ1) is 22.6. The van der Waals surface area contributed by atoms with Crippen LogP contribution in [0.3, 0.4) is 0 Å². The first-order valence-corrected chi connectivity index (χ1v) is 13.5. The zero-order valence-corrected chi connectivity index (χ0v) is 19.6. The Kier molecular flexibility index (Phi) is 6.16. The van der Waals surface area contributed by atoms with E-state index in [1.54, 1.807) is 6.20 Å². The van der Waals surface area contributed by atoms with Gasteiger partial charge in [-0.3, -0.25) is 4.79 Å². The molecule has 2 N–H and O–H groups in total. The third-order valence-electron chi connectivity index (χ3n) is 6.79. The zero-order chi connectivity index (χ0) is 23.7. The molecule has 0 radical (unpaired) electrons. The molecule has 1 aliphatic heterocycles. The number of carbonyl (C=O) groups is 1. The molecule has 9 nitrogen and oxygen atoms in total. The van der Waals surface area contributed by atoms with Gasteiger partial charge in [0, 0.05) is 29.7 Å². The highest BCUT2D eigenvalue weighted by molar-refractivity contribution is 7.91. The Morgan fingerprint density at radius 2 is 1.97 bits per heavy atom. The van der Waals surface area contributed by atoms with E-state index in [2.05, 4.69) is 15.3 Å². The van der Waals surface area contributed by atoms with Crippen molar-refractivity contribution in [2.75, 3.05) is 23.4 Å². The number of anilines is 1. The van der Waals surface area contributed by atoms with Gasteiger partial charge in [-0.15, -0.1) is 0 Å². The van der Waals surface area contributed by atoms with Crippen LogP contribution < -0.4 is 10.1 Å². The van der Waals surface area contributed by atoms with E-state index in [0.29, 0.717) is 37.6 Å². The van der Waals surface area contributed by atoms with Crippen LogP contribution in [0, 0.1) is 11.8 Å². The molecule has 1 saturated carbocycles. The maximum atomic E-state index is 11.7. The summed E-state index contributed by atoms with van der Waals surface area (Å²) in [4.78, 5) is 20.2. The van der Waals surface area contributed by atoms with Crippen molar-refractivity contribution in [1.82, 2.24) is 14.5 Å². The van der Waals surface area contributed by atoms with Gasteiger partial charge in [0.15, 0.2) is 9.84 Å². The fourth-order valence-electron chi connectivity index (χ4n) is 4.90. The number of sulfone groups is 1. The molecule has 2 fully saturated rings. The van der Waals surface area contributed by atoms with Crippen LogP contribution in [0.4, 0.5) is 5.95 Å². The number of nitrogens with one attached hydrogen (secondary N) is 1. The minimum Gasteiger partial charge on any atom is -0.493 e. The third kappa shape index (κ3) is 4.86. The molecule has 1 aromatic carbocycles. The van der Waals surface area contributed by atoms with Crippen LogP contribution in [-0.2, 0) is 14.6 Å². The van der Waals surface area contributed by atoms with Gasteiger partial charge < -0.3 is 19.7 Å². The smallest absolute Gasteiger partial charge is 0.306 e. The molecule has 0 amide bonds. The number of aliphatic carboxylic acids is 1. The van der Waals surface area contributed by atoms with E-state index >= 15 is 0 Å². The number of aromatic nitrogens is 3. The van der Waals surface area contributed by atoms with Gasteiger partial charge in [0.05, 0.1) is 29.5 Å². The molecule has 10 heteroatoms. The summed E-state index contributed by atoms with van der Waals surface area (Å²) in [6, 6.07) is 9.77. The minimum absolute atomic E-state index is 0.0309. The van der Waals surface area contributed by atoms with Gasteiger partial charge in [0.2, 0.25) is 5.95 Å². The van der Waals surface area contributed by atoms with E-state index < -0.39 is 15.8 Å². The molecule has 3 aromatic rings.